The quantitative estimate of drug-likeness (QED) is 0.178. The lowest BCUT2D eigenvalue weighted by Crippen LogP contribution is -2.40. The van der Waals surface area contributed by atoms with Gasteiger partial charge in [-0.1, -0.05) is 67.4 Å². The highest BCUT2D eigenvalue weighted by Crippen LogP contribution is 2.36. The number of esters is 2. The summed E-state index contributed by atoms with van der Waals surface area (Å²) in [5.74, 6) is -3.98. The van der Waals surface area contributed by atoms with Crippen LogP contribution in [0.5, 0.6) is 11.5 Å². The first kappa shape index (κ1) is 34.9. The fourth-order valence-corrected chi connectivity index (χ4v) is 4.18. The number of carbonyl (C=O) groups excluding carboxylic acids is 3. The molecule has 10 heteroatoms. The van der Waals surface area contributed by atoms with E-state index in [1.165, 1.54) is 12.1 Å². The zero-order valence-electron chi connectivity index (χ0n) is 24.9. The molecular weight excluding hydrogens is 518 g/mol. The largest absolute Gasteiger partial charge is 0.508 e. The van der Waals surface area contributed by atoms with E-state index >= 15 is 0 Å². The molecule has 1 aromatic rings. The van der Waals surface area contributed by atoms with Gasteiger partial charge in [-0.3, -0.25) is 14.4 Å². The molecule has 0 aliphatic heterocycles. The molecule has 4 unspecified atom stereocenters. The van der Waals surface area contributed by atoms with E-state index in [-0.39, 0.29) is 30.6 Å². The van der Waals surface area contributed by atoms with Crippen LogP contribution < -0.4 is 15.2 Å². The van der Waals surface area contributed by atoms with Crippen molar-refractivity contribution in [2.45, 2.75) is 92.5 Å². The first-order chi connectivity index (χ1) is 18.8. The van der Waals surface area contributed by atoms with Gasteiger partial charge < -0.3 is 29.8 Å². The smallest absolute Gasteiger partial charge is 0.480 e. The van der Waals surface area contributed by atoms with Gasteiger partial charge in [0, 0.05) is 5.92 Å². The second-order valence-electron chi connectivity index (χ2n) is 10.9. The zero-order valence-corrected chi connectivity index (χ0v) is 24.9. The summed E-state index contributed by atoms with van der Waals surface area (Å²) in [6.07, 6.45) is 2.65. The Morgan fingerprint density at radius 2 is 1.38 bits per heavy atom. The maximum Gasteiger partial charge on any atom is 0.508 e. The van der Waals surface area contributed by atoms with E-state index < -0.39 is 47.9 Å². The molecule has 40 heavy (non-hydrogen) atoms. The van der Waals surface area contributed by atoms with Crippen LogP contribution in [0.4, 0.5) is 4.79 Å². The predicted octanol–water partition coefficient (Wildman–Crippen LogP) is 5.70. The number of hydrogen-bond acceptors (Lipinski definition) is 9. The number of ether oxygens (including phenoxy) is 4. The molecule has 10 nitrogen and oxygen atoms in total. The molecule has 1 aromatic carbocycles. The number of carboxylic acids is 1. The van der Waals surface area contributed by atoms with Crippen molar-refractivity contribution >= 4 is 24.1 Å². The Kier molecular flexibility index (Phi) is 15.3. The summed E-state index contributed by atoms with van der Waals surface area (Å²) < 4.78 is 21.6. The number of carbonyl (C=O) groups is 4. The minimum Gasteiger partial charge on any atom is -0.480 e. The van der Waals surface area contributed by atoms with Crippen LogP contribution in [0.3, 0.4) is 0 Å². The maximum absolute atomic E-state index is 12.8. The number of benzene rings is 1. The molecule has 0 spiro atoms. The van der Waals surface area contributed by atoms with Crippen molar-refractivity contribution < 1.29 is 43.2 Å². The predicted molar refractivity (Wildman–Crippen MR) is 150 cm³/mol. The van der Waals surface area contributed by atoms with Crippen molar-refractivity contribution in [3.8, 4) is 11.5 Å². The van der Waals surface area contributed by atoms with Crippen molar-refractivity contribution in [2.75, 3.05) is 13.2 Å². The van der Waals surface area contributed by atoms with Crippen molar-refractivity contribution in [1.29, 1.82) is 0 Å². The number of aliphatic carboxylic acids is 1. The van der Waals surface area contributed by atoms with Crippen molar-refractivity contribution in [2.24, 2.45) is 29.4 Å². The van der Waals surface area contributed by atoms with Gasteiger partial charge >= 0.3 is 24.1 Å². The third kappa shape index (κ3) is 11.5. The summed E-state index contributed by atoms with van der Waals surface area (Å²) in [5.41, 5.74) is 6.50. The number of hydrogen-bond donors (Lipinski definition) is 2. The van der Waals surface area contributed by atoms with E-state index in [1.54, 1.807) is 26.8 Å². The standard InChI is InChI=1S/C30H47NO9/c1-8-10-19(5)28(34)39-23-13-12-22(16-24(23)40-29(35)20(6)11-9-2)25(26(31)27(32)33)21(7)17-38-30(36)37-15-14-18(3)4/h12-13,16,18-21,25-26H,8-11,14-15,17,31H2,1-7H3,(H,32,33)/t19?,20?,21?,25?,26-/m0/s1. The summed E-state index contributed by atoms with van der Waals surface area (Å²) in [6.45, 7) is 13.2. The molecular formula is C30H47NO9. The molecule has 0 aliphatic carbocycles. The lowest BCUT2D eigenvalue weighted by Gasteiger charge is -2.28. The average molecular weight is 566 g/mol. The first-order valence-electron chi connectivity index (χ1n) is 14.2. The summed E-state index contributed by atoms with van der Waals surface area (Å²) >= 11 is 0. The van der Waals surface area contributed by atoms with Crippen molar-refractivity contribution in [3.05, 3.63) is 23.8 Å². The van der Waals surface area contributed by atoms with Gasteiger partial charge in [0.1, 0.15) is 6.04 Å². The highest BCUT2D eigenvalue weighted by atomic mass is 16.7. The molecule has 0 saturated heterocycles. The van der Waals surface area contributed by atoms with E-state index in [2.05, 4.69) is 0 Å². The molecule has 0 heterocycles. The molecule has 0 saturated carbocycles. The van der Waals surface area contributed by atoms with E-state index in [9.17, 15) is 24.3 Å². The molecule has 0 fully saturated rings. The highest BCUT2D eigenvalue weighted by Gasteiger charge is 2.33. The monoisotopic (exact) mass is 565 g/mol. The summed E-state index contributed by atoms with van der Waals surface area (Å²) in [5, 5.41) is 9.73. The topological polar surface area (TPSA) is 151 Å². The summed E-state index contributed by atoms with van der Waals surface area (Å²) in [4.78, 5) is 49.4. The molecule has 0 aliphatic rings. The molecule has 0 aromatic heterocycles. The second-order valence-corrected chi connectivity index (χ2v) is 10.9. The van der Waals surface area contributed by atoms with Crippen LogP contribution in [0.1, 0.15) is 92.1 Å². The van der Waals surface area contributed by atoms with Crippen LogP contribution >= 0.6 is 0 Å². The van der Waals surface area contributed by atoms with E-state index in [1.807, 2.05) is 27.7 Å². The number of carboxylic acid groups (broad SMARTS) is 1. The van der Waals surface area contributed by atoms with E-state index in [0.717, 1.165) is 12.8 Å². The second kappa shape index (κ2) is 17.5. The normalized spacial score (nSPS) is 14.9. The average Bonchev–Trinajstić information content (AvgIpc) is 2.88. The van der Waals surface area contributed by atoms with Gasteiger partial charge in [0.25, 0.3) is 0 Å². The summed E-state index contributed by atoms with van der Waals surface area (Å²) in [6, 6.07) is 3.14. The molecule has 5 atom stereocenters. The SMILES string of the molecule is CCCC(C)C(=O)Oc1ccc(C(C(C)COC(=O)OCCC(C)C)[C@H](N)C(=O)O)cc1OC(=O)C(C)CCC. The molecule has 3 N–H and O–H groups in total. The van der Waals surface area contributed by atoms with Crippen molar-refractivity contribution in [3.63, 3.8) is 0 Å². The highest BCUT2D eigenvalue weighted by molar-refractivity contribution is 5.79. The molecule has 226 valence electrons. The third-order valence-electron chi connectivity index (χ3n) is 6.69. The van der Waals surface area contributed by atoms with E-state index in [4.69, 9.17) is 24.7 Å². The summed E-state index contributed by atoms with van der Waals surface area (Å²) in [7, 11) is 0. The van der Waals surface area contributed by atoms with Gasteiger partial charge in [-0.15, -0.1) is 0 Å². The van der Waals surface area contributed by atoms with Crippen molar-refractivity contribution in [1.82, 2.24) is 0 Å². The fraction of sp³-hybridized carbons (Fsp3) is 0.667. The van der Waals surface area contributed by atoms with Gasteiger partial charge in [-0.2, -0.15) is 0 Å². The zero-order chi connectivity index (χ0) is 30.4. The number of rotatable bonds is 17. The van der Waals surface area contributed by atoms with Crippen LogP contribution in [0.15, 0.2) is 18.2 Å². The van der Waals surface area contributed by atoms with Crippen LogP contribution in [0.2, 0.25) is 0 Å². The Labute approximate surface area is 237 Å². The van der Waals surface area contributed by atoms with Crippen LogP contribution in [-0.2, 0) is 23.9 Å². The Hall–Kier alpha value is -3.14. The maximum atomic E-state index is 12.8. The van der Waals surface area contributed by atoms with Crippen LogP contribution in [0.25, 0.3) is 0 Å². The Bertz CT molecular complexity index is 978. The Morgan fingerprint density at radius 1 is 0.825 bits per heavy atom. The van der Waals surface area contributed by atoms with Crippen LogP contribution in [-0.4, -0.2) is 48.4 Å². The Balaban J connectivity index is 3.32. The van der Waals surface area contributed by atoms with Gasteiger partial charge in [0.05, 0.1) is 25.0 Å². The third-order valence-corrected chi connectivity index (χ3v) is 6.69. The van der Waals surface area contributed by atoms with Crippen LogP contribution in [0, 0.1) is 23.7 Å². The molecule has 0 bridgehead atoms. The lowest BCUT2D eigenvalue weighted by molar-refractivity contribution is -0.141. The Morgan fingerprint density at radius 3 is 1.88 bits per heavy atom. The minimum absolute atomic E-state index is 0.00805. The molecule has 0 amide bonds. The van der Waals surface area contributed by atoms with Gasteiger partial charge in [0.15, 0.2) is 11.5 Å². The minimum atomic E-state index is -1.36. The van der Waals surface area contributed by atoms with E-state index in [0.29, 0.717) is 30.7 Å². The lowest BCUT2D eigenvalue weighted by atomic mass is 9.82. The number of nitrogens with two attached hydrogens (primary N) is 1. The first-order valence-corrected chi connectivity index (χ1v) is 14.2. The molecule has 1 rings (SSSR count). The molecule has 0 radical (unpaired) electrons. The van der Waals surface area contributed by atoms with Gasteiger partial charge in [0.2, 0.25) is 0 Å². The van der Waals surface area contributed by atoms with Gasteiger partial charge in [-0.05, 0) is 48.8 Å². The van der Waals surface area contributed by atoms with Gasteiger partial charge in [-0.25, -0.2) is 4.79 Å². The fourth-order valence-electron chi connectivity index (χ4n) is 4.18.